The number of methoxy groups -OCH3 is 2. The Hall–Kier alpha value is -1.90. The van der Waals surface area contributed by atoms with E-state index in [1.54, 1.807) is 7.11 Å². The Morgan fingerprint density at radius 3 is 2.50 bits per heavy atom. The molecule has 2 atom stereocenters. The van der Waals surface area contributed by atoms with Crippen LogP contribution in [0.15, 0.2) is 18.2 Å². The van der Waals surface area contributed by atoms with Crippen molar-refractivity contribution in [1.82, 2.24) is 0 Å². The van der Waals surface area contributed by atoms with Crippen LogP contribution in [0.5, 0.6) is 5.75 Å². The van der Waals surface area contributed by atoms with Gasteiger partial charge in [0.15, 0.2) is 5.78 Å². The van der Waals surface area contributed by atoms with E-state index in [4.69, 9.17) is 18.8 Å². The Balaban J connectivity index is 1.60. The first-order valence-electron chi connectivity index (χ1n) is 9.30. The molecule has 2 fully saturated rings. The summed E-state index contributed by atoms with van der Waals surface area (Å²) in [7, 11) is 2.48. The molecule has 0 bridgehead atoms. The molecule has 28 heavy (non-hydrogen) atoms. The van der Waals surface area contributed by atoms with E-state index >= 15 is 0 Å². The number of Topliss-reactive ketones (excluding diaryl/α,β-unsaturated/α-hetero) is 1. The third kappa shape index (κ3) is 3.56. The zero-order valence-corrected chi connectivity index (χ0v) is 17.3. The number of carbonyl (C=O) groups is 2. The van der Waals surface area contributed by atoms with Gasteiger partial charge in [0.1, 0.15) is 5.75 Å². The van der Waals surface area contributed by atoms with Crippen LogP contribution in [0.1, 0.15) is 29.9 Å². The number of thiophene rings is 1. The number of carbonyl (C=O) groups excluding carboxylic acids is 2. The zero-order chi connectivity index (χ0) is 20.1. The predicted molar refractivity (Wildman–Crippen MR) is 107 cm³/mol. The lowest BCUT2D eigenvalue weighted by Gasteiger charge is -2.33. The highest BCUT2D eigenvalue weighted by molar-refractivity contribution is 7.20. The van der Waals surface area contributed by atoms with Gasteiger partial charge in [-0.2, -0.15) is 0 Å². The van der Waals surface area contributed by atoms with Gasteiger partial charge in [-0.15, -0.1) is 11.3 Å². The van der Waals surface area contributed by atoms with Gasteiger partial charge in [0, 0.05) is 34.7 Å². The second-order valence-electron chi connectivity index (χ2n) is 8.20. The summed E-state index contributed by atoms with van der Waals surface area (Å²) in [5.74, 6) is -0.201. The Morgan fingerprint density at radius 2 is 1.86 bits per heavy atom. The fourth-order valence-corrected chi connectivity index (χ4v) is 4.60. The third-order valence-corrected chi connectivity index (χ3v) is 6.36. The molecule has 0 spiro atoms. The molecule has 1 aliphatic carbocycles. The number of esters is 1. The number of ketones is 1. The van der Waals surface area contributed by atoms with Crippen molar-refractivity contribution >= 4 is 45.8 Å². The van der Waals surface area contributed by atoms with E-state index < -0.39 is 7.12 Å². The van der Waals surface area contributed by atoms with E-state index in [9.17, 15) is 9.59 Å². The van der Waals surface area contributed by atoms with Gasteiger partial charge in [-0.1, -0.05) is 19.9 Å². The lowest BCUT2D eigenvalue weighted by Crippen LogP contribution is -2.47. The van der Waals surface area contributed by atoms with Crippen molar-refractivity contribution in [3.05, 3.63) is 23.1 Å². The summed E-state index contributed by atoms with van der Waals surface area (Å²) in [6.07, 6.45) is 0.563. The Morgan fingerprint density at radius 1 is 1.14 bits per heavy atom. The van der Waals surface area contributed by atoms with Gasteiger partial charge in [0.05, 0.1) is 25.0 Å². The van der Waals surface area contributed by atoms with Gasteiger partial charge in [0.2, 0.25) is 0 Å². The molecule has 1 saturated heterocycles. The van der Waals surface area contributed by atoms with Crippen LogP contribution in [0.25, 0.3) is 10.1 Å². The second kappa shape index (κ2) is 7.17. The number of benzene rings is 1. The fourth-order valence-electron chi connectivity index (χ4n) is 3.52. The van der Waals surface area contributed by atoms with Crippen molar-refractivity contribution in [1.29, 1.82) is 0 Å². The molecule has 2 aliphatic rings. The molecule has 6 nitrogen and oxygen atoms in total. The molecule has 1 aliphatic heterocycles. The molecule has 8 heteroatoms. The number of fused-ring (bicyclic) bond motifs is 1. The summed E-state index contributed by atoms with van der Waals surface area (Å²) < 4.78 is 23.1. The van der Waals surface area contributed by atoms with Gasteiger partial charge in [-0.25, -0.2) is 0 Å². The van der Waals surface area contributed by atoms with E-state index in [0.29, 0.717) is 30.3 Å². The topological polar surface area (TPSA) is 71.1 Å². The highest BCUT2D eigenvalue weighted by Gasteiger charge is 2.49. The molecule has 0 radical (unpaired) electrons. The standard InChI is InChI=1S/C20H23BO6S/c1-20(2)9-26-21(27-10-20)14-5-11-6-17(28-16(11)8-15(14)24-3)18(22)12-7-13(12)19(23)25-4/h5-6,8,12-13H,7,9-10H2,1-4H3/t12-,13-/m1/s1. The zero-order valence-electron chi connectivity index (χ0n) is 16.4. The molecule has 1 saturated carbocycles. The van der Waals surface area contributed by atoms with Gasteiger partial charge in [-0.05, 0) is 23.9 Å². The van der Waals surface area contributed by atoms with E-state index in [2.05, 4.69) is 13.8 Å². The summed E-state index contributed by atoms with van der Waals surface area (Å²) in [6, 6.07) is 5.77. The van der Waals surface area contributed by atoms with Crippen LogP contribution in [0.3, 0.4) is 0 Å². The highest BCUT2D eigenvalue weighted by Crippen LogP contribution is 2.43. The van der Waals surface area contributed by atoms with Gasteiger partial charge < -0.3 is 18.8 Å². The minimum Gasteiger partial charge on any atom is -0.497 e. The molecule has 0 N–H and O–H groups in total. The Kier molecular flexibility index (Phi) is 4.97. The molecule has 4 rings (SSSR count). The first-order chi connectivity index (χ1) is 13.3. The smallest absolute Gasteiger partial charge is 0.497 e. The minimum absolute atomic E-state index is 0.00373. The lowest BCUT2D eigenvalue weighted by atomic mass is 9.75. The Bertz CT molecular complexity index is 926. The first kappa shape index (κ1) is 19.4. The molecule has 0 unspecified atom stereocenters. The van der Waals surface area contributed by atoms with Gasteiger partial charge >= 0.3 is 13.1 Å². The van der Waals surface area contributed by atoms with E-state index in [-0.39, 0.29) is 29.0 Å². The molecule has 0 amide bonds. The van der Waals surface area contributed by atoms with Crippen LogP contribution in [0, 0.1) is 17.3 Å². The first-order valence-corrected chi connectivity index (χ1v) is 10.1. The number of ether oxygens (including phenoxy) is 2. The maximum atomic E-state index is 12.7. The van der Waals surface area contributed by atoms with Crippen LogP contribution in [0.2, 0.25) is 0 Å². The molecule has 2 aromatic rings. The average Bonchev–Trinajstić information content (AvgIpc) is 3.37. The monoisotopic (exact) mass is 402 g/mol. The maximum Gasteiger partial charge on any atom is 0.497 e. The summed E-state index contributed by atoms with van der Waals surface area (Å²) in [5, 5.41) is 0.941. The van der Waals surface area contributed by atoms with E-state index in [0.717, 1.165) is 15.5 Å². The van der Waals surface area contributed by atoms with Crippen molar-refractivity contribution in [2.75, 3.05) is 27.4 Å². The number of hydrogen-bond acceptors (Lipinski definition) is 7. The third-order valence-electron chi connectivity index (χ3n) is 5.25. The Labute approximate surface area is 168 Å². The largest absolute Gasteiger partial charge is 0.497 e. The van der Waals surface area contributed by atoms with Crippen LogP contribution in [-0.4, -0.2) is 46.3 Å². The van der Waals surface area contributed by atoms with Crippen LogP contribution in [-0.2, 0) is 18.8 Å². The lowest BCUT2D eigenvalue weighted by molar-refractivity contribution is -0.142. The van der Waals surface area contributed by atoms with Gasteiger partial charge in [0.25, 0.3) is 0 Å². The summed E-state index contributed by atoms with van der Waals surface area (Å²) >= 11 is 1.42. The maximum absolute atomic E-state index is 12.7. The van der Waals surface area contributed by atoms with Crippen molar-refractivity contribution in [3.63, 3.8) is 0 Å². The van der Waals surface area contributed by atoms with E-state index in [1.165, 1.54) is 18.4 Å². The average molecular weight is 402 g/mol. The van der Waals surface area contributed by atoms with Crippen molar-refractivity contribution in [2.24, 2.45) is 17.3 Å². The van der Waals surface area contributed by atoms with Crippen molar-refractivity contribution in [3.8, 4) is 5.75 Å². The normalized spacial score (nSPS) is 23.5. The van der Waals surface area contributed by atoms with Crippen molar-refractivity contribution < 1.29 is 28.4 Å². The molecule has 1 aromatic heterocycles. The van der Waals surface area contributed by atoms with Gasteiger partial charge in [-0.3, -0.25) is 9.59 Å². The van der Waals surface area contributed by atoms with Crippen LogP contribution in [0.4, 0.5) is 0 Å². The molecule has 2 heterocycles. The van der Waals surface area contributed by atoms with Crippen LogP contribution >= 0.6 is 11.3 Å². The number of hydrogen-bond donors (Lipinski definition) is 0. The minimum atomic E-state index is -0.487. The molecule has 1 aromatic carbocycles. The second-order valence-corrected chi connectivity index (χ2v) is 9.28. The van der Waals surface area contributed by atoms with E-state index in [1.807, 2.05) is 18.2 Å². The summed E-state index contributed by atoms with van der Waals surface area (Å²) in [5.41, 5.74) is 0.803. The summed E-state index contributed by atoms with van der Waals surface area (Å²) in [4.78, 5) is 25.0. The highest BCUT2D eigenvalue weighted by atomic mass is 32.1. The predicted octanol–water partition coefficient (Wildman–Crippen LogP) is 2.67. The SMILES string of the molecule is COC(=O)[C@@H]1C[C@H]1C(=O)c1cc2cc(B3OCC(C)(C)CO3)c(OC)cc2s1. The molecular formula is C20H23BO6S. The molecular weight excluding hydrogens is 379 g/mol. The number of rotatable bonds is 5. The fraction of sp³-hybridized carbons (Fsp3) is 0.500. The summed E-state index contributed by atoms with van der Waals surface area (Å²) in [6.45, 7) is 5.39. The van der Waals surface area contributed by atoms with Crippen LogP contribution < -0.4 is 10.2 Å². The molecule has 148 valence electrons. The quantitative estimate of drug-likeness (QED) is 0.435. The van der Waals surface area contributed by atoms with Crippen molar-refractivity contribution in [2.45, 2.75) is 20.3 Å².